The summed E-state index contributed by atoms with van der Waals surface area (Å²) >= 11 is 0. The van der Waals surface area contributed by atoms with Gasteiger partial charge in [0.25, 0.3) is 0 Å². The Morgan fingerprint density at radius 2 is 1.61 bits per heavy atom. The van der Waals surface area contributed by atoms with E-state index in [9.17, 15) is 4.79 Å². The predicted molar refractivity (Wildman–Crippen MR) is 90.8 cm³/mol. The maximum absolute atomic E-state index is 12.1. The molecule has 4 heteroatoms. The Kier molecular flexibility index (Phi) is 5.06. The fraction of sp³-hybridized carbons (Fsp3) is 0.211. The average molecular weight is 312 g/mol. The van der Waals surface area contributed by atoms with E-state index in [2.05, 4.69) is 6.58 Å². The van der Waals surface area contributed by atoms with Crippen LogP contribution < -0.4 is 14.2 Å². The number of ketones is 1. The molecule has 0 aliphatic rings. The predicted octanol–water partition coefficient (Wildman–Crippen LogP) is 4.06. The third-order valence-electron chi connectivity index (χ3n) is 3.60. The van der Waals surface area contributed by atoms with Crippen LogP contribution in [0.5, 0.6) is 17.2 Å². The second kappa shape index (κ2) is 7.01. The van der Waals surface area contributed by atoms with Gasteiger partial charge in [-0.3, -0.25) is 4.79 Å². The molecule has 0 heterocycles. The van der Waals surface area contributed by atoms with Gasteiger partial charge in [-0.25, -0.2) is 0 Å². The van der Waals surface area contributed by atoms with Gasteiger partial charge in [0.15, 0.2) is 17.3 Å². The first-order chi connectivity index (χ1) is 11.0. The summed E-state index contributed by atoms with van der Waals surface area (Å²) in [6.45, 7) is 5.55. The lowest BCUT2D eigenvalue weighted by Gasteiger charge is -2.16. The topological polar surface area (TPSA) is 44.8 Å². The second-order valence-corrected chi connectivity index (χ2v) is 5.03. The van der Waals surface area contributed by atoms with E-state index in [1.807, 2.05) is 31.2 Å². The second-order valence-electron chi connectivity index (χ2n) is 5.03. The zero-order valence-electron chi connectivity index (χ0n) is 13.8. The fourth-order valence-corrected chi connectivity index (χ4v) is 2.46. The van der Waals surface area contributed by atoms with E-state index < -0.39 is 0 Å². The van der Waals surface area contributed by atoms with Gasteiger partial charge in [0.05, 0.1) is 21.3 Å². The van der Waals surface area contributed by atoms with Crippen LogP contribution in [0.3, 0.4) is 0 Å². The van der Waals surface area contributed by atoms with Gasteiger partial charge < -0.3 is 14.2 Å². The van der Waals surface area contributed by atoms with Crippen LogP contribution in [0.1, 0.15) is 15.9 Å². The summed E-state index contributed by atoms with van der Waals surface area (Å²) in [4.78, 5) is 12.1. The van der Waals surface area contributed by atoms with E-state index >= 15 is 0 Å². The van der Waals surface area contributed by atoms with Crippen molar-refractivity contribution in [1.29, 1.82) is 0 Å². The zero-order chi connectivity index (χ0) is 17.0. The molecule has 2 aromatic rings. The summed E-state index contributed by atoms with van der Waals surface area (Å²) in [6.07, 6.45) is 1.31. The largest absolute Gasteiger partial charge is 0.493 e. The quantitative estimate of drug-likeness (QED) is 0.596. The van der Waals surface area contributed by atoms with Crippen LogP contribution in [0.25, 0.3) is 11.1 Å². The van der Waals surface area contributed by atoms with Crippen LogP contribution in [0.2, 0.25) is 0 Å². The molecule has 0 aromatic heterocycles. The van der Waals surface area contributed by atoms with Crippen molar-refractivity contribution in [3.8, 4) is 28.4 Å². The number of methoxy groups -OCH3 is 3. The lowest BCUT2D eigenvalue weighted by molar-refractivity contribution is 0.104. The van der Waals surface area contributed by atoms with E-state index in [-0.39, 0.29) is 5.78 Å². The van der Waals surface area contributed by atoms with Crippen molar-refractivity contribution in [2.45, 2.75) is 6.92 Å². The Balaban J connectivity index is 2.73. The molecule has 0 unspecified atom stereocenters. The summed E-state index contributed by atoms with van der Waals surface area (Å²) < 4.78 is 16.1. The minimum Gasteiger partial charge on any atom is -0.493 e. The molecule has 0 bridgehead atoms. The molecule has 2 rings (SSSR count). The van der Waals surface area contributed by atoms with Crippen LogP contribution in [0, 0.1) is 6.92 Å². The normalized spacial score (nSPS) is 10.1. The third kappa shape index (κ3) is 3.21. The van der Waals surface area contributed by atoms with Crippen molar-refractivity contribution in [2.24, 2.45) is 0 Å². The summed E-state index contributed by atoms with van der Waals surface area (Å²) in [7, 11) is 4.68. The van der Waals surface area contributed by atoms with Crippen LogP contribution >= 0.6 is 0 Å². The molecule has 120 valence electrons. The number of benzene rings is 2. The molecule has 0 saturated heterocycles. The number of ether oxygens (including phenoxy) is 3. The average Bonchev–Trinajstić information content (AvgIpc) is 2.59. The molecule has 4 nitrogen and oxygen atoms in total. The Bertz CT molecular complexity index is 722. The Morgan fingerprint density at radius 3 is 2.09 bits per heavy atom. The number of aryl methyl sites for hydroxylation is 1. The summed E-state index contributed by atoms with van der Waals surface area (Å²) in [6, 6.07) is 9.32. The molecule has 0 fully saturated rings. The van der Waals surface area contributed by atoms with Gasteiger partial charge in [0, 0.05) is 5.56 Å². The fourth-order valence-electron chi connectivity index (χ4n) is 2.46. The molecule has 0 aliphatic carbocycles. The molecule has 0 radical (unpaired) electrons. The molecule has 0 spiro atoms. The van der Waals surface area contributed by atoms with Gasteiger partial charge in [0.1, 0.15) is 0 Å². The van der Waals surface area contributed by atoms with Gasteiger partial charge in [-0.1, -0.05) is 30.3 Å². The number of allylic oxidation sites excluding steroid dienone is 1. The lowest BCUT2D eigenvalue weighted by Crippen LogP contribution is -2.00. The maximum atomic E-state index is 12.1. The minimum atomic E-state index is -0.131. The number of rotatable bonds is 6. The maximum Gasteiger partial charge on any atom is 0.203 e. The van der Waals surface area contributed by atoms with Crippen LogP contribution in [0.4, 0.5) is 0 Å². The van der Waals surface area contributed by atoms with E-state index in [0.29, 0.717) is 22.8 Å². The van der Waals surface area contributed by atoms with Crippen LogP contribution in [-0.4, -0.2) is 27.1 Å². The van der Waals surface area contributed by atoms with Crippen molar-refractivity contribution in [2.75, 3.05) is 21.3 Å². The van der Waals surface area contributed by atoms with Crippen molar-refractivity contribution in [3.05, 3.63) is 54.1 Å². The Labute approximate surface area is 136 Å². The Morgan fingerprint density at radius 1 is 1.00 bits per heavy atom. The van der Waals surface area contributed by atoms with E-state index in [0.717, 1.165) is 16.7 Å². The molecule has 0 saturated carbocycles. The van der Waals surface area contributed by atoms with Gasteiger partial charge in [-0.05, 0) is 36.3 Å². The standard InChI is InChI=1S/C19H20O4/c1-6-16(20)14-8-7-12(2)9-15(14)13-10-17(21-3)19(23-5)18(11-13)22-4/h6-11H,1H2,2-5H3. The summed E-state index contributed by atoms with van der Waals surface area (Å²) in [5, 5.41) is 0. The molecule has 0 atom stereocenters. The zero-order valence-corrected chi connectivity index (χ0v) is 13.8. The highest BCUT2D eigenvalue weighted by Crippen LogP contribution is 2.42. The van der Waals surface area contributed by atoms with E-state index in [1.54, 1.807) is 27.4 Å². The molecular weight excluding hydrogens is 292 g/mol. The monoisotopic (exact) mass is 312 g/mol. The molecule has 0 amide bonds. The smallest absolute Gasteiger partial charge is 0.203 e. The number of carbonyl (C=O) groups is 1. The van der Waals surface area contributed by atoms with Crippen molar-refractivity contribution >= 4 is 5.78 Å². The highest BCUT2D eigenvalue weighted by atomic mass is 16.5. The molecule has 0 N–H and O–H groups in total. The van der Waals surface area contributed by atoms with Crippen molar-refractivity contribution in [1.82, 2.24) is 0 Å². The molecule has 2 aromatic carbocycles. The lowest BCUT2D eigenvalue weighted by atomic mass is 9.94. The van der Waals surface area contributed by atoms with Crippen molar-refractivity contribution < 1.29 is 19.0 Å². The number of carbonyl (C=O) groups excluding carboxylic acids is 1. The first kappa shape index (κ1) is 16.6. The molecule has 23 heavy (non-hydrogen) atoms. The van der Waals surface area contributed by atoms with Gasteiger partial charge >= 0.3 is 0 Å². The van der Waals surface area contributed by atoms with E-state index in [4.69, 9.17) is 14.2 Å². The highest BCUT2D eigenvalue weighted by Gasteiger charge is 2.17. The number of hydrogen-bond acceptors (Lipinski definition) is 4. The van der Waals surface area contributed by atoms with Gasteiger partial charge in [-0.15, -0.1) is 0 Å². The first-order valence-corrected chi connectivity index (χ1v) is 7.13. The summed E-state index contributed by atoms with van der Waals surface area (Å²) in [5.41, 5.74) is 3.25. The number of hydrogen-bond donors (Lipinski definition) is 0. The summed E-state index contributed by atoms with van der Waals surface area (Å²) in [5.74, 6) is 1.47. The third-order valence-corrected chi connectivity index (χ3v) is 3.60. The SMILES string of the molecule is C=CC(=O)c1ccc(C)cc1-c1cc(OC)c(OC)c(OC)c1. The van der Waals surface area contributed by atoms with Crippen LogP contribution in [0.15, 0.2) is 43.0 Å². The van der Waals surface area contributed by atoms with Gasteiger partial charge in [-0.2, -0.15) is 0 Å². The first-order valence-electron chi connectivity index (χ1n) is 7.13. The minimum absolute atomic E-state index is 0.131. The van der Waals surface area contributed by atoms with E-state index in [1.165, 1.54) is 6.08 Å². The molecule has 0 aliphatic heterocycles. The van der Waals surface area contributed by atoms with Crippen LogP contribution in [-0.2, 0) is 0 Å². The Hall–Kier alpha value is -2.75. The van der Waals surface area contributed by atoms with Gasteiger partial charge in [0.2, 0.25) is 5.75 Å². The highest BCUT2D eigenvalue weighted by molar-refractivity contribution is 6.09. The van der Waals surface area contributed by atoms with Crippen molar-refractivity contribution in [3.63, 3.8) is 0 Å². The molecular formula is C19H20O4.